The maximum atomic E-state index is 13.5. The minimum absolute atomic E-state index is 0.0776. The molecule has 33 heavy (non-hydrogen) atoms. The highest BCUT2D eigenvalue weighted by Crippen LogP contribution is 2.32. The van der Waals surface area contributed by atoms with E-state index < -0.39 is 6.23 Å². The van der Waals surface area contributed by atoms with Crippen LogP contribution in [0, 0.1) is 5.82 Å². The Bertz CT molecular complexity index is 1110. The van der Waals surface area contributed by atoms with Gasteiger partial charge in [-0.2, -0.15) is 0 Å². The second kappa shape index (κ2) is 10.1. The molecule has 0 fully saturated rings. The van der Waals surface area contributed by atoms with Crippen LogP contribution in [-0.4, -0.2) is 57.7 Å². The minimum Gasteiger partial charge on any atom is -0.491 e. The van der Waals surface area contributed by atoms with Crippen LogP contribution < -0.4 is 15.0 Å². The molecule has 1 aliphatic carbocycles. The maximum absolute atomic E-state index is 13.5. The standard InChI is InChI=1S/C24H28FN5O3/c1-15(24(32)27-17-6-3-5-16(25)13-17)30(2)23-19-7-4-8-20(19)28-22(29-23)21-14-18(9-10-26-21)33-12-11-31/h3,5-6,9-10,13-15,24,27,31-32H,4,7-8,11-12H2,1-2H3/t15-,24?/m1/s1. The number of halogens is 1. The fraction of sp³-hybridized carbons (Fsp3) is 0.375. The number of likely N-dealkylation sites (N-methyl/N-ethyl adjacent to an activating group) is 1. The number of aromatic nitrogens is 3. The van der Waals surface area contributed by atoms with E-state index in [0.29, 0.717) is 23.0 Å². The molecule has 2 aromatic heterocycles. The number of benzene rings is 1. The molecule has 1 unspecified atom stereocenters. The molecule has 0 saturated carbocycles. The topological polar surface area (TPSA) is 104 Å². The van der Waals surface area contributed by atoms with Crippen LogP contribution in [0.15, 0.2) is 42.6 Å². The molecule has 1 aliphatic rings. The van der Waals surface area contributed by atoms with Gasteiger partial charge >= 0.3 is 0 Å². The summed E-state index contributed by atoms with van der Waals surface area (Å²) < 4.78 is 19.0. The number of pyridine rings is 1. The van der Waals surface area contributed by atoms with Gasteiger partial charge in [-0.1, -0.05) is 6.07 Å². The van der Waals surface area contributed by atoms with Gasteiger partial charge in [-0.25, -0.2) is 14.4 Å². The van der Waals surface area contributed by atoms with Crippen LogP contribution in [0.4, 0.5) is 15.9 Å². The second-order valence-electron chi connectivity index (χ2n) is 8.05. The Kier molecular flexibility index (Phi) is 7.00. The Morgan fingerprint density at radius 2 is 2.06 bits per heavy atom. The summed E-state index contributed by atoms with van der Waals surface area (Å²) in [5.41, 5.74) is 3.12. The van der Waals surface area contributed by atoms with Crippen molar-refractivity contribution in [3.8, 4) is 17.3 Å². The summed E-state index contributed by atoms with van der Waals surface area (Å²) in [5, 5.41) is 22.7. The highest BCUT2D eigenvalue weighted by molar-refractivity contribution is 5.60. The van der Waals surface area contributed by atoms with Gasteiger partial charge in [0.15, 0.2) is 5.82 Å². The summed E-state index contributed by atoms with van der Waals surface area (Å²) in [5.74, 6) is 1.43. The molecule has 3 aromatic rings. The molecule has 3 N–H and O–H groups in total. The number of aliphatic hydroxyl groups excluding tert-OH is 2. The van der Waals surface area contributed by atoms with Gasteiger partial charge in [0.2, 0.25) is 0 Å². The van der Waals surface area contributed by atoms with Crippen molar-refractivity contribution in [2.75, 3.05) is 30.5 Å². The van der Waals surface area contributed by atoms with Gasteiger partial charge in [-0.05, 0) is 50.5 Å². The molecule has 0 saturated heterocycles. The zero-order valence-corrected chi connectivity index (χ0v) is 18.7. The number of rotatable bonds is 9. The average Bonchev–Trinajstić information content (AvgIpc) is 3.30. The molecule has 8 nitrogen and oxygen atoms in total. The van der Waals surface area contributed by atoms with Crippen LogP contribution in [-0.2, 0) is 12.8 Å². The normalized spacial score (nSPS) is 14.5. The molecule has 174 valence electrons. The van der Waals surface area contributed by atoms with Crippen LogP contribution in [0.5, 0.6) is 5.75 Å². The average molecular weight is 454 g/mol. The minimum atomic E-state index is -0.958. The summed E-state index contributed by atoms with van der Waals surface area (Å²) in [7, 11) is 1.88. The fourth-order valence-corrected chi connectivity index (χ4v) is 3.88. The van der Waals surface area contributed by atoms with Gasteiger partial charge in [0.05, 0.1) is 12.6 Å². The predicted octanol–water partition coefficient (Wildman–Crippen LogP) is 2.79. The number of fused-ring (bicyclic) bond motifs is 1. The van der Waals surface area contributed by atoms with E-state index >= 15 is 0 Å². The highest BCUT2D eigenvalue weighted by atomic mass is 19.1. The Hall–Kier alpha value is -3.30. The number of hydrogen-bond acceptors (Lipinski definition) is 8. The van der Waals surface area contributed by atoms with Crippen molar-refractivity contribution in [1.29, 1.82) is 0 Å². The first-order valence-corrected chi connectivity index (χ1v) is 11.0. The van der Waals surface area contributed by atoms with E-state index in [1.54, 1.807) is 30.5 Å². The summed E-state index contributed by atoms with van der Waals surface area (Å²) in [6, 6.07) is 9.10. The van der Waals surface area contributed by atoms with Crippen molar-refractivity contribution in [2.24, 2.45) is 0 Å². The zero-order valence-electron chi connectivity index (χ0n) is 18.7. The van der Waals surface area contributed by atoms with Crippen LogP contribution in [0.3, 0.4) is 0 Å². The van der Waals surface area contributed by atoms with Gasteiger partial charge < -0.3 is 25.2 Å². The number of nitrogens with zero attached hydrogens (tertiary/aromatic N) is 4. The first-order valence-electron chi connectivity index (χ1n) is 11.0. The number of ether oxygens (including phenoxy) is 1. The Labute approximate surface area is 192 Å². The van der Waals surface area contributed by atoms with Crippen LogP contribution in [0.1, 0.15) is 24.6 Å². The molecule has 0 amide bonds. The van der Waals surface area contributed by atoms with E-state index in [0.717, 1.165) is 36.3 Å². The van der Waals surface area contributed by atoms with Crippen molar-refractivity contribution in [2.45, 2.75) is 38.5 Å². The zero-order chi connectivity index (χ0) is 23.4. The van der Waals surface area contributed by atoms with Crippen molar-refractivity contribution in [3.63, 3.8) is 0 Å². The maximum Gasteiger partial charge on any atom is 0.180 e. The predicted molar refractivity (Wildman–Crippen MR) is 124 cm³/mol. The third kappa shape index (κ3) is 5.20. The molecule has 1 aromatic carbocycles. The van der Waals surface area contributed by atoms with E-state index in [1.807, 2.05) is 18.9 Å². The molecule has 2 atom stereocenters. The fourth-order valence-electron chi connectivity index (χ4n) is 3.88. The van der Waals surface area contributed by atoms with Gasteiger partial charge in [-0.15, -0.1) is 0 Å². The molecule has 0 aliphatic heterocycles. The number of hydrogen-bond donors (Lipinski definition) is 3. The summed E-state index contributed by atoms with van der Waals surface area (Å²) in [4.78, 5) is 15.9. The summed E-state index contributed by atoms with van der Waals surface area (Å²) in [6.07, 6.45) is 3.37. The van der Waals surface area contributed by atoms with Gasteiger partial charge in [0.1, 0.15) is 35.9 Å². The van der Waals surface area contributed by atoms with Crippen molar-refractivity contribution >= 4 is 11.5 Å². The van der Waals surface area contributed by atoms with E-state index in [4.69, 9.17) is 19.8 Å². The quantitative estimate of drug-likeness (QED) is 0.425. The summed E-state index contributed by atoms with van der Waals surface area (Å²) >= 11 is 0. The molecular weight excluding hydrogens is 425 g/mol. The second-order valence-corrected chi connectivity index (χ2v) is 8.05. The number of aliphatic hydroxyl groups is 2. The van der Waals surface area contributed by atoms with Gasteiger partial charge in [-0.3, -0.25) is 4.98 Å². The SMILES string of the molecule is C[C@H](C(O)Nc1cccc(F)c1)N(C)c1nc(-c2cc(OCCO)ccn2)nc2c1CCC2. The largest absolute Gasteiger partial charge is 0.491 e. The van der Waals surface area contributed by atoms with Crippen molar-refractivity contribution in [1.82, 2.24) is 15.0 Å². The Morgan fingerprint density at radius 1 is 1.21 bits per heavy atom. The molecular formula is C24H28FN5O3. The number of aryl methyl sites for hydroxylation is 1. The highest BCUT2D eigenvalue weighted by Gasteiger charge is 2.27. The number of nitrogens with one attached hydrogen (secondary N) is 1. The van der Waals surface area contributed by atoms with Crippen molar-refractivity contribution < 1.29 is 19.3 Å². The molecule has 0 spiro atoms. The first kappa shape index (κ1) is 22.9. The molecule has 4 rings (SSSR count). The lowest BCUT2D eigenvalue weighted by molar-refractivity contribution is 0.176. The molecule has 0 radical (unpaired) electrons. The van der Waals surface area contributed by atoms with E-state index in [-0.39, 0.29) is 25.1 Å². The third-order valence-corrected chi connectivity index (χ3v) is 5.77. The van der Waals surface area contributed by atoms with Gasteiger partial charge in [0, 0.05) is 36.3 Å². The Balaban J connectivity index is 1.61. The Morgan fingerprint density at radius 3 is 2.85 bits per heavy atom. The monoisotopic (exact) mass is 453 g/mol. The first-order chi connectivity index (χ1) is 16.0. The lowest BCUT2D eigenvalue weighted by atomic mass is 10.1. The molecule has 0 bridgehead atoms. The lowest BCUT2D eigenvalue weighted by Crippen LogP contribution is -2.44. The lowest BCUT2D eigenvalue weighted by Gasteiger charge is -2.32. The molecule has 9 heteroatoms. The van der Waals surface area contributed by atoms with Crippen LogP contribution in [0.25, 0.3) is 11.5 Å². The van der Waals surface area contributed by atoms with Crippen LogP contribution >= 0.6 is 0 Å². The number of anilines is 2. The smallest absolute Gasteiger partial charge is 0.180 e. The van der Waals surface area contributed by atoms with E-state index in [2.05, 4.69) is 10.3 Å². The summed E-state index contributed by atoms with van der Waals surface area (Å²) in [6.45, 7) is 1.99. The third-order valence-electron chi connectivity index (χ3n) is 5.77. The van der Waals surface area contributed by atoms with E-state index in [1.165, 1.54) is 12.1 Å². The molecule has 2 heterocycles. The van der Waals surface area contributed by atoms with E-state index in [9.17, 15) is 9.50 Å². The van der Waals surface area contributed by atoms with Crippen LogP contribution in [0.2, 0.25) is 0 Å². The van der Waals surface area contributed by atoms with Crippen molar-refractivity contribution in [3.05, 3.63) is 59.7 Å². The van der Waals surface area contributed by atoms with Gasteiger partial charge in [0.25, 0.3) is 0 Å².